The highest BCUT2D eigenvalue weighted by atomic mass is 35.5. The molecule has 140 valence electrons. The molecule has 3 heterocycles. The smallest absolute Gasteiger partial charge is 0.225 e. The van der Waals surface area contributed by atoms with E-state index in [0.717, 1.165) is 67.3 Å². The number of carbonyl (C=O) groups is 1. The van der Waals surface area contributed by atoms with Crippen LogP contribution in [0, 0.1) is 12.8 Å². The van der Waals surface area contributed by atoms with Crippen LogP contribution in [0.2, 0.25) is 5.02 Å². The molecule has 0 unspecified atom stereocenters. The van der Waals surface area contributed by atoms with Crippen LogP contribution in [0.4, 0.5) is 5.95 Å². The molecule has 1 saturated carbocycles. The van der Waals surface area contributed by atoms with Gasteiger partial charge in [0.15, 0.2) is 5.65 Å². The molecule has 27 heavy (non-hydrogen) atoms. The van der Waals surface area contributed by atoms with E-state index >= 15 is 0 Å². The average molecular weight is 385 g/mol. The van der Waals surface area contributed by atoms with Crippen molar-refractivity contribution in [2.45, 2.75) is 26.2 Å². The minimum Gasteiger partial charge on any atom is -0.339 e. The van der Waals surface area contributed by atoms with Crippen LogP contribution in [0.5, 0.6) is 0 Å². The monoisotopic (exact) mass is 384 g/mol. The van der Waals surface area contributed by atoms with Gasteiger partial charge in [0.25, 0.3) is 0 Å². The van der Waals surface area contributed by atoms with Gasteiger partial charge in [-0.15, -0.1) is 10.2 Å². The molecular weight excluding hydrogens is 364 g/mol. The third kappa shape index (κ3) is 2.72. The number of nitrogens with zero attached hydrogens (tertiary/aromatic N) is 6. The Kier molecular flexibility index (Phi) is 3.93. The predicted molar refractivity (Wildman–Crippen MR) is 104 cm³/mol. The van der Waals surface area contributed by atoms with Gasteiger partial charge < -0.3 is 9.80 Å². The fourth-order valence-electron chi connectivity index (χ4n) is 3.97. The average Bonchev–Trinajstić information content (AvgIpc) is 3.01. The number of benzene rings is 1. The van der Waals surface area contributed by atoms with Gasteiger partial charge in [-0.05, 0) is 38.0 Å². The molecule has 7 nitrogen and oxygen atoms in total. The molecule has 5 rings (SSSR count). The highest BCUT2D eigenvalue weighted by molar-refractivity contribution is 6.31. The van der Waals surface area contributed by atoms with Gasteiger partial charge in [0, 0.05) is 42.5 Å². The largest absolute Gasteiger partial charge is 0.339 e. The molecule has 2 aromatic heterocycles. The van der Waals surface area contributed by atoms with Gasteiger partial charge in [-0.3, -0.25) is 4.79 Å². The van der Waals surface area contributed by atoms with Gasteiger partial charge in [0.05, 0.1) is 5.52 Å². The Morgan fingerprint density at radius 2 is 1.93 bits per heavy atom. The summed E-state index contributed by atoms with van der Waals surface area (Å²) >= 11 is 6.18. The molecule has 3 aromatic rings. The summed E-state index contributed by atoms with van der Waals surface area (Å²) in [7, 11) is 0. The first kappa shape index (κ1) is 16.7. The number of carbonyl (C=O) groups excluding carboxylic acids is 1. The third-order valence-electron chi connectivity index (χ3n) is 5.77. The highest BCUT2D eigenvalue weighted by Crippen LogP contribution is 2.30. The van der Waals surface area contributed by atoms with E-state index in [1.165, 1.54) is 6.42 Å². The lowest BCUT2D eigenvalue weighted by molar-refractivity contribution is -0.138. The van der Waals surface area contributed by atoms with Gasteiger partial charge >= 0.3 is 0 Å². The molecule has 1 amide bonds. The molecule has 1 aromatic carbocycles. The second-order valence-electron chi connectivity index (χ2n) is 7.42. The van der Waals surface area contributed by atoms with Gasteiger partial charge in [-0.25, -0.2) is 9.38 Å². The molecule has 8 heteroatoms. The maximum Gasteiger partial charge on any atom is 0.225 e. The van der Waals surface area contributed by atoms with Crippen LogP contribution < -0.4 is 4.90 Å². The van der Waals surface area contributed by atoms with Crippen molar-refractivity contribution in [3.63, 3.8) is 0 Å². The summed E-state index contributed by atoms with van der Waals surface area (Å²) in [6.45, 7) is 4.90. The molecule has 0 atom stereocenters. The Morgan fingerprint density at radius 3 is 2.63 bits per heavy atom. The summed E-state index contributed by atoms with van der Waals surface area (Å²) < 4.78 is 2.00. The third-order valence-corrected chi connectivity index (χ3v) is 6.01. The van der Waals surface area contributed by atoms with E-state index in [0.29, 0.717) is 10.9 Å². The number of aromatic nitrogens is 4. The van der Waals surface area contributed by atoms with Crippen LogP contribution in [-0.2, 0) is 4.79 Å². The van der Waals surface area contributed by atoms with Crippen molar-refractivity contribution in [2.24, 2.45) is 5.92 Å². The number of fused-ring (bicyclic) bond motifs is 3. The first-order chi connectivity index (χ1) is 13.1. The van der Waals surface area contributed by atoms with E-state index in [1.807, 2.05) is 34.4 Å². The van der Waals surface area contributed by atoms with E-state index in [-0.39, 0.29) is 5.92 Å². The number of rotatable bonds is 2. The summed E-state index contributed by atoms with van der Waals surface area (Å²) in [6, 6.07) is 5.65. The Labute approximate surface area is 161 Å². The van der Waals surface area contributed by atoms with Crippen LogP contribution in [0.25, 0.3) is 16.6 Å². The minimum atomic E-state index is 0.254. The predicted octanol–water partition coefficient (Wildman–Crippen LogP) is 2.69. The van der Waals surface area contributed by atoms with Crippen molar-refractivity contribution in [1.29, 1.82) is 0 Å². The van der Waals surface area contributed by atoms with E-state index in [1.54, 1.807) is 0 Å². The molecule has 0 bridgehead atoms. The first-order valence-corrected chi connectivity index (χ1v) is 9.84. The van der Waals surface area contributed by atoms with E-state index < -0.39 is 0 Å². The number of hydrogen-bond donors (Lipinski definition) is 0. The van der Waals surface area contributed by atoms with Crippen molar-refractivity contribution in [3.8, 4) is 0 Å². The summed E-state index contributed by atoms with van der Waals surface area (Å²) in [4.78, 5) is 21.6. The van der Waals surface area contributed by atoms with Crippen LogP contribution >= 0.6 is 11.6 Å². The van der Waals surface area contributed by atoms with Crippen molar-refractivity contribution >= 4 is 40.0 Å². The summed E-state index contributed by atoms with van der Waals surface area (Å²) in [5, 5.41) is 10.2. The lowest BCUT2D eigenvalue weighted by atomic mass is 9.84. The topological polar surface area (TPSA) is 66.6 Å². The number of piperazine rings is 1. The maximum atomic E-state index is 12.5. The molecule has 1 aliphatic carbocycles. The molecule has 2 aliphatic rings. The molecule has 2 fully saturated rings. The normalized spacial score (nSPS) is 18.3. The Morgan fingerprint density at radius 1 is 1.15 bits per heavy atom. The van der Waals surface area contributed by atoms with Gasteiger partial charge in [0.1, 0.15) is 5.82 Å². The zero-order chi connectivity index (χ0) is 18.5. The first-order valence-electron chi connectivity index (χ1n) is 9.46. The minimum absolute atomic E-state index is 0.254. The van der Waals surface area contributed by atoms with Gasteiger partial charge in [-0.1, -0.05) is 18.0 Å². The van der Waals surface area contributed by atoms with E-state index in [4.69, 9.17) is 16.6 Å². The zero-order valence-electron chi connectivity index (χ0n) is 15.2. The number of halogens is 1. The van der Waals surface area contributed by atoms with Crippen molar-refractivity contribution in [1.82, 2.24) is 24.5 Å². The van der Waals surface area contributed by atoms with Crippen molar-refractivity contribution in [2.75, 3.05) is 31.1 Å². The molecule has 1 saturated heterocycles. The highest BCUT2D eigenvalue weighted by Gasteiger charge is 2.32. The fourth-order valence-corrected chi connectivity index (χ4v) is 4.14. The van der Waals surface area contributed by atoms with Crippen LogP contribution in [0.15, 0.2) is 18.2 Å². The lowest BCUT2D eigenvalue weighted by Crippen LogP contribution is -2.51. The van der Waals surface area contributed by atoms with Crippen LogP contribution in [-0.4, -0.2) is 56.6 Å². The SMILES string of the molecule is Cc1nnc2c3ccc(Cl)cc3nc(N3CCN(C(=O)C4CCC4)CC3)n12. The lowest BCUT2D eigenvalue weighted by Gasteiger charge is -2.38. The fraction of sp³-hybridized carbons (Fsp3) is 0.474. The molecular formula is C19H21ClN6O. The van der Waals surface area contributed by atoms with Gasteiger partial charge in [-0.2, -0.15) is 0 Å². The number of anilines is 1. The quantitative estimate of drug-likeness (QED) is 0.679. The van der Waals surface area contributed by atoms with E-state index in [9.17, 15) is 4.79 Å². The van der Waals surface area contributed by atoms with Gasteiger partial charge in [0.2, 0.25) is 11.9 Å². The number of aryl methyl sites for hydroxylation is 1. The van der Waals surface area contributed by atoms with Crippen molar-refractivity contribution in [3.05, 3.63) is 29.0 Å². The maximum absolute atomic E-state index is 12.5. The van der Waals surface area contributed by atoms with E-state index in [2.05, 4.69) is 15.1 Å². The Hall–Kier alpha value is -2.41. The standard InChI is InChI=1S/C19H21ClN6O/c1-12-22-23-17-15-6-5-14(20)11-16(15)21-19(26(12)17)25-9-7-24(8-10-25)18(27)13-3-2-4-13/h5-6,11,13H,2-4,7-10H2,1H3. The Bertz CT molecular complexity index is 1040. The molecule has 0 radical (unpaired) electrons. The van der Waals surface area contributed by atoms with Crippen molar-refractivity contribution < 1.29 is 4.79 Å². The second kappa shape index (κ2) is 6.34. The summed E-state index contributed by atoms with van der Waals surface area (Å²) in [6.07, 6.45) is 3.28. The van der Waals surface area contributed by atoms with Crippen LogP contribution in [0.1, 0.15) is 25.1 Å². The van der Waals surface area contributed by atoms with Crippen LogP contribution in [0.3, 0.4) is 0 Å². The number of hydrogen-bond acceptors (Lipinski definition) is 5. The number of amides is 1. The zero-order valence-corrected chi connectivity index (χ0v) is 16.0. The molecule has 0 N–H and O–H groups in total. The second-order valence-corrected chi connectivity index (χ2v) is 7.86. The summed E-state index contributed by atoms with van der Waals surface area (Å²) in [5.41, 5.74) is 1.60. The summed E-state index contributed by atoms with van der Waals surface area (Å²) in [5.74, 6) is 2.20. The molecule has 0 spiro atoms. The molecule has 1 aliphatic heterocycles. The Balaban J connectivity index is 1.49.